The van der Waals surface area contributed by atoms with Gasteiger partial charge >= 0.3 is 0 Å². The van der Waals surface area contributed by atoms with Gasteiger partial charge in [0.15, 0.2) is 5.96 Å². The number of methoxy groups -OCH3 is 1. The number of ether oxygens (including phenoxy) is 2. The van der Waals surface area contributed by atoms with E-state index >= 15 is 0 Å². The third kappa shape index (κ3) is 6.86. The molecule has 0 saturated carbocycles. The summed E-state index contributed by atoms with van der Waals surface area (Å²) in [6, 6.07) is 7.82. The highest BCUT2D eigenvalue weighted by molar-refractivity contribution is 5.79. The third-order valence-corrected chi connectivity index (χ3v) is 4.17. The van der Waals surface area contributed by atoms with E-state index in [1.165, 1.54) is 0 Å². The molecule has 2 rings (SSSR count). The lowest BCUT2D eigenvalue weighted by Crippen LogP contribution is -2.44. The van der Waals surface area contributed by atoms with Crippen LogP contribution in [0, 0.1) is 0 Å². The van der Waals surface area contributed by atoms with Crippen LogP contribution in [0.15, 0.2) is 41.7 Å². The van der Waals surface area contributed by atoms with Crippen LogP contribution in [-0.2, 0) is 23.9 Å². The predicted octanol–water partition coefficient (Wildman–Crippen LogP) is 1.41. The van der Waals surface area contributed by atoms with Gasteiger partial charge in [-0.25, -0.2) is 4.99 Å². The van der Waals surface area contributed by atoms with E-state index in [9.17, 15) is 5.11 Å². The Morgan fingerprint density at radius 1 is 1.25 bits per heavy atom. The minimum atomic E-state index is -1.05. The van der Waals surface area contributed by atoms with Crippen LogP contribution < -0.4 is 15.4 Å². The van der Waals surface area contributed by atoms with Crippen LogP contribution in [-0.4, -0.2) is 54.3 Å². The van der Waals surface area contributed by atoms with Crippen molar-refractivity contribution in [1.82, 2.24) is 20.4 Å². The van der Waals surface area contributed by atoms with Crippen LogP contribution in [0.5, 0.6) is 5.75 Å². The number of aliphatic imine (C=N–C) groups is 1. The number of hydrogen-bond acceptors (Lipinski definition) is 5. The van der Waals surface area contributed by atoms with Crippen LogP contribution in [0.25, 0.3) is 0 Å². The lowest BCUT2D eigenvalue weighted by molar-refractivity contribution is 0.0616. The first-order valence-corrected chi connectivity index (χ1v) is 9.39. The zero-order chi connectivity index (χ0) is 20.4. The summed E-state index contributed by atoms with van der Waals surface area (Å²) in [4.78, 5) is 4.59. The number of guanidine groups is 1. The Bertz CT molecular complexity index is 741. The van der Waals surface area contributed by atoms with Gasteiger partial charge in [-0.15, -0.1) is 0 Å². The summed E-state index contributed by atoms with van der Waals surface area (Å²) in [5.74, 6) is 1.45. The van der Waals surface area contributed by atoms with Crippen LogP contribution in [0.2, 0.25) is 0 Å². The number of nitrogens with zero attached hydrogens (tertiary/aromatic N) is 3. The summed E-state index contributed by atoms with van der Waals surface area (Å²) in [7, 11) is 3.48. The van der Waals surface area contributed by atoms with E-state index in [-0.39, 0.29) is 0 Å². The average Bonchev–Trinajstić information content (AvgIpc) is 3.13. The molecule has 0 amide bonds. The molecule has 0 radical (unpaired) electrons. The second kappa shape index (κ2) is 10.7. The van der Waals surface area contributed by atoms with E-state index < -0.39 is 5.60 Å². The minimum Gasteiger partial charge on any atom is -0.491 e. The number of hydrogen-bond donors (Lipinski definition) is 3. The molecule has 8 heteroatoms. The Kier molecular flexibility index (Phi) is 8.28. The molecule has 0 saturated heterocycles. The Hall–Kier alpha value is -2.58. The van der Waals surface area contributed by atoms with Gasteiger partial charge in [0.1, 0.15) is 18.0 Å². The minimum absolute atomic E-state index is 0.316. The highest BCUT2D eigenvalue weighted by atomic mass is 16.5. The quantitative estimate of drug-likeness (QED) is 0.323. The van der Waals surface area contributed by atoms with Crippen LogP contribution in [0.4, 0.5) is 0 Å². The first-order valence-electron chi connectivity index (χ1n) is 9.39. The fraction of sp³-hybridized carbons (Fsp3) is 0.500. The maximum Gasteiger partial charge on any atom is 0.191 e. The summed E-state index contributed by atoms with van der Waals surface area (Å²) in [5.41, 5.74) is 0.767. The molecule has 3 N–H and O–H groups in total. The molecule has 1 aromatic heterocycles. The van der Waals surface area contributed by atoms with Gasteiger partial charge in [-0.3, -0.25) is 4.68 Å². The summed E-state index contributed by atoms with van der Waals surface area (Å²) in [6.07, 6.45) is 3.48. The van der Waals surface area contributed by atoms with E-state index in [4.69, 9.17) is 9.47 Å². The van der Waals surface area contributed by atoms with Crippen molar-refractivity contribution in [3.63, 3.8) is 0 Å². The first-order chi connectivity index (χ1) is 13.4. The predicted molar refractivity (Wildman–Crippen MR) is 109 cm³/mol. The number of aromatic nitrogens is 2. The van der Waals surface area contributed by atoms with E-state index in [0.717, 1.165) is 23.4 Å². The van der Waals surface area contributed by atoms with Crippen LogP contribution in [0.3, 0.4) is 0 Å². The highest BCUT2D eigenvalue weighted by Gasteiger charge is 2.24. The van der Waals surface area contributed by atoms with E-state index in [1.54, 1.807) is 24.9 Å². The fourth-order valence-electron chi connectivity index (χ4n) is 2.50. The molecule has 0 bridgehead atoms. The van der Waals surface area contributed by atoms with Crippen molar-refractivity contribution in [2.24, 2.45) is 12.0 Å². The average molecular weight is 390 g/mol. The maximum absolute atomic E-state index is 10.7. The van der Waals surface area contributed by atoms with Gasteiger partial charge in [0.05, 0.1) is 25.9 Å². The molecule has 1 heterocycles. The number of nitrogens with one attached hydrogen (secondary N) is 2. The van der Waals surface area contributed by atoms with Crippen LogP contribution in [0.1, 0.15) is 25.0 Å². The monoisotopic (exact) mass is 389 g/mol. The van der Waals surface area contributed by atoms with Crippen molar-refractivity contribution in [1.29, 1.82) is 0 Å². The number of benzene rings is 1. The van der Waals surface area contributed by atoms with Crippen molar-refractivity contribution in [3.05, 3.63) is 47.8 Å². The maximum atomic E-state index is 10.7. The molecule has 1 unspecified atom stereocenters. The lowest BCUT2D eigenvalue weighted by Gasteiger charge is -2.23. The largest absolute Gasteiger partial charge is 0.491 e. The zero-order valence-electron chi connectivity index (χ0n) is 17.1. The van der Waals surface area contributed by atoms with Gasteiger partial charge in [0.25, 0.3) is 0 Å². The SMILES string of the molecule is CCNC(=NCc1ccc(OCCOC)cc1)NCC(C)(O)c1cnn(C)c1. The molecular weight excluding hydrogens is 358 g/mol. The van der Waals surface area contributed by atoms with E-state index in [1.807, 2.05) is 44.4 Å². The Morgan fingerprint density at radius 3 is 2.61 bits per heavy atom. The van der Waals surface area contributed by atoms with Crippen molar-refractivity contribution < 1.29 is 14.6 Å². The summed E-state index contributed by atoms with van der Waals surface area (Å²) >= 11 is 0. The number of aryl methyl sites for hydroxylation is 1. The lowest BCUT2D eigenvalue weighted by atomic mass is 10.00. The van der Waals surface area contributed by atoms with Gasteiger partial charge in [0.2, 0.25) is 0 Å². The van der Waals surface area contributed by atoms with Crippen molar-refractivity contribution in [3.8, 4) is 5.75 Å². The Morgan fingerprint density at radius 2 is 2.00 bits per heavy atom. The Balaban J connectivity index is 1.92. The van der Waals surface area contributed by atoms with Crippen molar-refractivity contribution >= 4 is 5.96 Å². The van der Waals surface area contributed by atoms with Crippen molar-refractivity contribution in [2.75, 3.05) is 33.4 Å². The molecule has 154 valence electrons. The van der Waals surface area contributed by atoms with Gasteiger partial charge in [-0.05, 0) is 31.5 Å². The van der Waals surface area contributed by atoms with E-state index in [2.05, 4.69) is 20.7 Å². The molecule has 0 aliphatic heterocycles. The molecule has 1 atom stereocenters. The Labute approximate surface area is 166 Å². The summed E-state index contributed by atoms with van der Waals surface area (Å²) in [6.45, 7) is 6.41. The smallest absolute Gasteiger partial charge is 0.191 e. The number of aliphatic hydroxyl groups is 1. The molecule has 0 fully saturated rings. The molecule has 0 aliphatic rings. The van der Waals surface area contributed by atoms with E-state index in [0.29, 0.717) is 32.3 Å². The molecule has 0 aliphatic carbocycles. The van der Waals surface area contributed by atoms with Gasteiger partial charge in [-0.1, -0.05) is 12.1 Å². The van der Waals surface area contributed by atoms with Crippen molar-refractivity contribution in [2.45, 2.75) is 26.0 Å². The molecule has 2 aromatic rings. The van der Waals surface area contributed by atoms with Crippen LogP contribution >= 0.6 is 0 Å². The first kappa shape index (κ1) is 21.7. The molecule has 1 aromatic carbocycles. The van der Waals surface area contributed by atoms with Gasteiger partial charge in [-0.2, -0.15) is 5.10 Å². The standard InChI is InChI=1S/C20H31N5O3/c1-5-21-19(23-15-20(2,26)17-13-24-25(3)14-17)22-12-16-6-8-18(9-7-16)28-11-10-27-4/h6-9,13-14,26H,5,10-12,15H2,1-4H3,(H2,21,22,23). The summed E-state index contributed by atoms with van der Waals surface area (Å²) < 4.78 is 12.2. The molecular formula is C20H31N5O3. The second-order valence-electron chi connectivity index (χ2n) is 6.71. The van der Waals surface area contributed by atoms with Gasteiger partial charge in [0, 0.05) is 32.5 Å². The highest BCUT2D eigenvalue weighted by Crippen LogP contribution is 2.18. The molecule has 8 nitrogen and oxygen atoms in total. The second-order valence-corrected chi connectivity index (χ2v) is 6.71. The topological polar surface area (TPSA) is 92.9 Å². The molecule has 0 spiro atoms. The number of rotatable bonds is 10. The fourth-order valence-corrected chi connectivity index (χ4v) is 2.50. The normalized spacial score (nSPS) is 13.8. The third-order valence-electron chi connectivity index (χ3n) is 4.17. The summed E-state index contributed by atoms with van der Waals surface area (Å²) in [5, 5.41) is 21.2. The molecule has 28 heavy (non-hydrogen) atoms. The zero-order valence-corrected chi connectivity index (χ0v) is 17.1. The van der Waals surface area contributed by atoms with Gasteiger partial charge < -0.3 is 25.2 Å².